The number of nitrogens with zero attached hydrogens (tertiary/aromatic N) is 1. The average Bonchev–Trinajstić information content (AvgIpc) is 2.32. The van der Waals surface area contributed by atoms with Gasteiger partial charge >= 0.3 is 0 Å². The minimum atomic E-state index is -0.567. The van der Waals surface area contributed by atoms with Crippen molar-refractivity contribution in [2.45, 2.75) is 58.5 Å². The third kappa shape index (κ3) is 5.36. The van der Waals surface area contributed by atoms with Crippen LogP contribution in [0.1, 0.15) is 47.0 Å². The summed E-state index contributed by atoms with van der Waals surface area (Å²) in [6.07, 6.45) is 2.90. The Balaban J connectivity index is 3.96. The van der Waals surface area contributed by atoms with E-state index in [1.165, 1.54) is 0 Å². The zero-order chi connectivity index (χ0) is 14.3. The van der Waals surface area contributed by atoms with Gasteiger partial charge in [-0.15, -0.1) is 0 Å². The van der Waals surface area contributed by atoms with Crippen molar-refractivity contribution in [3.8, 4) is 0 Å². The molecule has 0 aliphatic heterocycles. The molecule has 0 radical (unpaired) electrons. The van der Waals surface area contributed by atoms with Gasteiger partial charge < -0.3 is 16.0 Å². The Labute approximate surface area is 112 Å². The molecule has 0 aromatic heterocycles. The summed E-state index contributed by atoms with van der Waals surface area (Å²) in [7, 11) is 3.95. The highest BCUT2D eigenvalue weighted by Crippen LogP contribution is 2.14. The van der Waals surface area contributed by atoms with Crippen LogP contribution in [0.25, 0.3) is 0 Å². The molecule has 108 valence electrons. The third-order valence-electron chi connectivity index (χ3n) is 4.19. The maximum absolute atomic E-state index is 11.3. The summed E-state index contributed by atoms with van der Waals surface area (Å²) < 4.78 is 0. The molecule has 0 fully saturated rings. The normalized spacial score (nSPS) is 16.9. The largest absolute Gasteiger partial charge is 0.368 e. The number of nitrogens with two attached hydrogens (primary N) is 1. The first kappa shape index (κ1) is 17.4. The molecule has 0 aliphatic carbocycles. The summed E-state index contributed by atoms with van der Waals surface area (Å²) in [5.74, 6) is 0.400. The number of carbonyl (C=O) groups is 1. The van der Waals surface area contributed by atoms with Crippen molar-refractivity contribution in [2.75, 3.05) is 20.6 Å². The molecule has 0 bridgehead atoms. The summed E-state index contributed by atoms with van der Waals surface area (Å²) in [6, 6.07) is 0.594. The molecule has 2 unspecified atom stereocenters. The average molecular weight is 257 g/mol. The molecular formula is C14H31N3O. The molecule has 0 aromatic rings. The van der Waals surface area contributed by atoms with Crippen LogP contribution in [-0.4, -0.2) is 43.0 Å². The van der Waals surface area contributed by atoms with Crippen LogP contribution in [0.4, 0.5) is 0 Å². The van der Waals surface area contributed by atoms with Gasteiger partial charge in [0.2, 0.25) is 5.91 Å². The highest BCUT2D eigenvalue weighted by Gasteiger charge is 2.28. The van der Waals surface area contributed by atoms with Crippen LogP contribution in [0.3, 0.4) is 0 Å². The fourth-order valence-corrected chi connectivity index (χ4v) is 1.92. The molecular weight excluding hydrogens is 226 g/mol. The van der Waals surface area contributed by atoms with Crippen molar-refractivity contribution < 1.29 is 4.79 Å². The van der Waals surface area contributed by atoms with E-state index in [1.807, 2.05) is 6.92 Å². The summed E-state index contributed by atoms with van der Waals surface area (Å²) in [6.45, 7) is 9.68. The molecule has 4 heteroatoms. The lowest BCUT2D eigenvalue weighted by Crippen LogP contribution is -2.51. The van der Waals surface area contributed by atoms with Gasteiger partial charge in [-0.05, 0) is 59.7 Å². The van der Waals surface area contributed by atoms with Crippen molar-refractivity contribution in [1.29, 1.82) is 0 Å². The second kappa shape index (κ2) is 7.74. The number of carbonyl (C=O) groups excluding carboxylic acids is 1. The van der Waals surface area contributed by atoms with E-state index in [4.69, 9.17) is 5.73 Å². The van der Waals surface area contributed by atoms with Gasteiger partial charge in [-0.25, -0.2) is 0 Å². The first-order valence-corrected chi connectivity index (χ1v) is 6.93. The van der Waals surface area contributed by atoms with Crippen LogP contribution >= 0.6 is 0 Å². The number of unbranched alkanes of at least 4 members (excludes halogenated alkanes) is 1. The van der Waals surface area contributed by atoms with Crippen LogP contribution in [0.2, 0.25) is 0 Å². The number of amides is 1. The standard InChI is InChI=1S/C14H31N3O/c1-11(2)12(3)17(6)10-8-7-9-14(4,16-5)13(15)18/h11-12,16H,7-10H2,1-6H3,(H2,15,18). The number of hydrogen-bond donors (Lipinski definition) is 2. The quantitative estimate of drug-likeness (QED) is 0.617. The molecule has 0 heterocycles. The van der Waals surface area contributed by atoms with Crippen molar-refractivity contribution in [2.24, 2.45) is 11.7 Å². The van der Waals surface area contributed by atoms with E-state index in [1.54, 1.807) is 7.05 Å². The SMILES string of the molecule is CNC(C)(CCCCN(C)C(C)C(C)C)C(N)=O. The van der Waals surface area contributed by atoms with Gasteiger partial charge in [0.1, 0.15) is 0 Å². The van der Waals surface area contributed by atoms with E-state index in [0.717, 1.165) is 25.8 Å². The van der Waals surface area contributed by atoms with Gasteiger partial charge in [0.25, 0.3) is 0 Å². The number of likely N-dealkylation sites (N-methyl/N-ethyl adjacent to an activating group) is 1. The highest BCUT2D eigenvalue weighted by molar-refractivity contribution is 5.84. The van der Waals surface area contributed by atoms with Crippen molar-refractivity contribution in [3.63, 3.8) is 0 Å². The minimum absolute atomic E-state index is 0.270. The van der Waals surface area contributed by atoms with Gasteiger partial charge in [0, 0.05) is 6.04 Å². The lowest BCUT2D eigenvalue weighted by Gasteiger charge is -2.29. The molecule has 3 N–H and O–H groups in total. The van der Waals surface area contributed by atoms with Crippen LogP contribution in [0.5, 0.6) is 0 Å². The summed E-state index contributed by atoms with van der Waals surface area (Å²) in [5.41, 5.74) is 4.83. The molecule has 0 aromatic carbocycles. The predicted molar refractivity (Wildman–Crippen MR) is 77.4 cm³/mol. The number of primary amides is 1. The molecule has 0 aliphatic rings. The maximum Gasteiger partial charge on any atom is 0.237 e. The van der Waals surface area contributed by atoms with E-state index in [-0.39, 0.29) is 5.91 Å². The second-order valence-electron chi connectivity index (χ2n) is 5.87. The van der Waals surface area contributed by atoms with Crippen molar-refractivity contribution in [1.82, 2.24) is 10.2 Å². The lowest BCUT2D eigenvalue weighted by molar-refractivity contribution is -0.123. The minimum Gasteiger partial charge on any atom is -0.368 e. The Morgan fingerprint density at radius 2 is 1.89 bits per heavy atom. The van der Waals surface area contributed by atoms with E-state index in [0.29, 0.717) is 12.0 Å². The first-order chi connectivity index (χ1) is 8.24. The first-order valence-electron chi connectivity index (χ1n) is 6.93. The molecule has 0 saturated carbocycles. The molecule has 4 nitrogen and oxygen atoms in total. The van der Waals surface area contributed by atoms with Crippen molar-refractivity contribution in [3.05, 3.63) is 0 Å². The van der Waals surface area contributed by atoms with E-state index >= 15 is 0 Å². The fraction of sp³-hybridized carbons (Fsp3) is 0.929. The monoisotopic (exact) mass is 257 g/mol. The summed E-state index contributed by atoms with van der Waals surface area (Å²) in [4.78, 5) is 13.7. The lowest BCUT2D eigenvalue weighted by atomic mass is 9.94. The Morgan fingerprint density at radius 1 is 1.33 bits per heavy atom. The Bertz CT molecular complexity index is 255. The number of nitrogens with one attached hydrogen (secondary N) is 1. The molecule has 0 saturated heterocycles. The predicted octanol–water partition coefficient (Wildman–Crippen LogP) is 1.60. The summed E-state index contributed by atoms with van der Waals surface area (Å²) >= 11 is 0. The zero-order valence-electron chi connectivity index (χ0n) is 12.9. The van der Waals surface area contributed by atoms with Gasteiger partial charge in [-0.3, -0.25) is 4.79 Å². The van der Waals surface area contributed by atoms with Gasteiger partial charge in [0.05, 0.1) is 5.54 Å². The van der Waals surface area contributed by atoms with Crippen LogP contribution < -0.4 is 11.1 Å². The Morgan fingerprint density at radius 3 is 2.28 bits per heavy atom. The maximum atomic E-state index is 11.3. The molecule has 0 rings (SSSR count). The van der Waals surface area contributed by atoms with Crippen LogP contribution in [0.15, 0.2) is 0 Å². The van der Waals surface area contributed by atoms with Crippen LogP contribution in [0, 0.1) is 5.92 Å². The van der Waals surface area contributed by atoms with Gasteiger partial charge in [0.15, 0.2) is 0 Å². The van der Waals surface area contributed by atoms with Crippen LogP contribution in [-0.2, 0) is 4.79 Å². The Kier molecular flexibility index (Phi) is 7.48. The van der Waals surface area contributed by atoms with Crippen molar-refractivity contribution >= 4 is 5.91 Å². The fourth-order valence-electron chi connectivity index (χ4n) is 1.92. The smallest absolute Gasteiger partial charge is 0.237 e. The van der Waals surface area contributed by atoms with E-state index in [2.05, 4.69) is 38.0 Å². The topological polar surface area (TPSA) is 58.4 Å². The molecule has 2 atom stereocenters. The van der Waals surface area contributed by atoms with Gasteiger partial charge in [-0.1, -0.05) is 13.8 Å². The van der Waals surface area contributed by atoms with E-state index < -0.39 is 5.54 Å². The summed E-state index contributed by atoms with van der Waals surface area (Å²) in [5, 5.41) is 3.02. The number of rotatable bonds is 9. The molecule has 18 heavy (non-hydrogen) atoms. The van der Waals surface area contributed by atoms with E-state index in [9.17, 15) is 4.79 Å². The number of hydrogen-bond acceptors (Lipinski definition) is 3. The second-order valence-corrected chi connectivity index (χ2v) is 5.87. The Hall–Kier alpha value is -0.610. The molecule has 0 spiro atoms. The third-order valence-corrected chi connectivity index (χ3v) is 4.19. The van der Waals surface area contributed by atoms with Gasteiger partial charge in [-0.2, -0.15) is 0 Å². The highest BCUT2D eigenvalue weighted by atomic mass is 16.1. The molecule has 1 amide bonds. The zero-order valence-corrected chi connectivity index (χ0v) is 12.9.